The van der Waals surface area contributed by atoms with Crippen LogP contribution in [0.15, 0.2) is 57.7 Å². The second-order valence-corrected chi connectivity index (χ2v) is 18.8. The summed E-state index contributed by atoms with van der Waals surface area (Å²) in [6, 6.07) is 13.3. The maximum atomic E-state index is 15.8. The van der Waals surface area contributed by atoms with E-state index in [1.54, 1.807) is 18.2 Å². The predicted molar refractivity (Wildman–Crippen MR) is 152 cm³/mol. The third-order valence-electron chi connectivity index (χ3n) is 6.05. The Kier molecular flexibility index (Phi) is 7.97. The molecule has 0 spiro atoms. The van der Waals surface area contributed by atoms with Gasteiger partial charge in [-0.3, -0.25) is 0 Å². The van der Waals surface area contributed by atoms with Crippen molar-refractivity contribution in [3.8, 4) is 11.3 Å². The lowest BCUT2D eigenvalue weighted by Gasteiger charge is -2.29. The number of benzene rings is 2. The fraction of sp³-hybridized carbons (Fsp3) is 0.333. The molecule has 196 valence electrons. The summed E-state index contributed by atoms with van der Waals surface area (Å²) < 4.78 is 52.0. The van der Waals surface area contributed by atoms with Crippen LogP contribution in [-0.2, 0) is 17.8 Å². The van der Waals surface area contributed by atoms with E-state index in [1.807, 2.05) is 45.0 Å². The Balaban J connectivity index is 1.87. The minimum Gasteiger partial charge on any atom is -0.598 e. The number of nitrogens with zero attached hydrogens (tertiary/aromatic N) is 2. The van der Waals surface area contributed by atoms with Crippen molar-refractivity contribution in [1.82, 2.24) is 14.9 Å². The van der Waals surface area contributed by atoms with Gasteiger partial charge in [0.2, 0.25) is 5.58 Å². The lowest BCUT2D eigenvalue weighted by molar-refractivity contribution is 0.443. The van der Waals surface area contributed by atoms with E-state index in [1.165, 1.54) is 6.07 Å². The van der Waals surface area contributed by atoms with Gasteiger partial charge in [-0.25, -0.2) is 13.8 Å². The molecule has 2 aromatic heterocycles. The van der Waals surface area contributed by atoms with E-state index in [-0.39, 0.29) is 23.5 Å². The van der Waals surface area contributed by atoms with Crippen LogP contribution < -0.4 is 9.91 Å². The fourth-order valence-corrected chi connectivity index (χ4v) is 6.93. The molecule has 2 atom stereocenters. The summed E-state index contributed by atoms with van der Waals surface area (Å²) in [4.78, 5) is 4.48. The van der Waals surface area contributed by atoms with Crippen molar-refractivity contribution in [1.29, 1.82) is 0 Å². The van der Waals surface area contributed by atoms with E-state index in [4.69, 9.17) is 4.52 Å². The molecule has 0 aliphatic heterocycles. The molecule has 0 aliphatic carbocycles. The number of aromatic nitrogens is 2. The molecule has 0 amide bonds. The molecule has 4 aromatic rings. The Bertz CT molecular complexity index is 1440. The van der Waals surface area contributed by atoms with Gasteiger partial charge in [-0.2, -0.15) is 0 Å². The topological polar surface area (TPSA) is 74.0 Å². The summed E-state index contributed by atoms with van der Waals surface area (Å²) in [5.41, 5.74) is 2.21. The number of halogens is 3. The summed E-state index contributed by atoms with van der Waals surface area (Å²) in [6.45, 7) is 11.8. The van der Waals surface area contributed by atoms with Crippen molar-refractivity contribution in [2.45, 2.75) is 57.6 Å². The summed E-state index contributed by atoms with van der Waals surface area (Å²) >= 11 is 1.99. The molecule has 37 heavy (non-hydrogen) atoms. The van der Waals surface area contributed by atoms with E-state index in [0.29, 0.717) is 26.4 Å². The Morgan fingerprint density at radius 2 is 1.81 bits per heavy atom. The Morgan fingerprint density at radius 1 is 1.11 bits per heavy atom. The van der Waals surface area contributed by atoms with Crippen molar-refractivity contribution in [3.05, 3.63) is 76.0 Å². The first-order valence-corrected chi connectivity index (χ1v) is 17.4. The van der Waals surface area contributed by atoms with Crippen molar-refractivity contribution in [2.75, 3.05) is 0 Å². The van der Waals surface area contributed by atoms with Gasteiger partial charge >= 0.3 is 0 Å². The molecule has 2 heterocycles. The van der Waals surface area contributed by atoms with E-state index in [2.05, 4.69) is 50.4 Å². The van der Waals surface area contributed by atoms with Gasteiger partial charge in [0, 0.05) is 23.3 Å². The smallest absolute Gasteiger partial charge is 0.203 e. The van der Waals surface area contributed by atoms with Crippen LogP contribution in [0.1, 0.15) is 38.1 Å². The molecule has 2 aromatic carbocycles. The SMILES string of the molecule is CC(C)(C)[S+]([O-])N[C@@H](Cc1nc(Br)cc([Si](C)(C)C)c1F)c1ccccc1-c1noc2c(F)cccc12. The maximum Gasteiger partial charge on any atom is 0.203 e. The number of fused-ring (bicyclic) bond motifs is 1. The first-order valence-electron chi connectivity index (χ1n) is 11.9. The van der Waals surface area contributed by atoms with Crippen molar-refractivity contribution in [2.24, 2.45) is 0 Å². The van der Waals surface area contributed by atoms with E-state index in [9.17, 15) is 8.94 Å². The largest absolute Gasteiger partial charge is 0.598 e. The van der Waals surface area contributed by atoms with Gasteiger partial charge in [-0.15, -0.1) is 4.72 Å². The molecule has 0 saturated carbocycles. The van der Waals surface area contributed by atoms with Gasteiger partial charge in [-0.1, -0.05) is 55.1 Å². The van der Waals surface area contributed by atoms with Crippen LogP contribution in [0.5, 0.6) is 0 Å². The standard InChI is InChI=1S/C27H30BrF2N3O2SSi/c1-27(2,3)36(34)33-20(14-21-24(30)22(37(4,5)6)15-23(28)31-21)16-10-7-8-11-17(16)25-18-12-9-13-19(29)26(18)35-32-25/h7-13,15,20,33H,14H2,1-6H3/t20-,36?/m0/s1. The molecule has 0 aliphatic rings. The zero-order valence-corrected chi connectivity index (χ0v) is 25.1. The zero-order chi connectivity index (χ0) is 27.1. The van der Waals surface area contributed by atoms with Gasteiger partial charge in [0.1, 0.15) is 20.9 Å². The van der Waals surface area contributed by atoms with E-state index >= 15 is 4.39 Å². The summed E-state index contributed by atoms with van der Waals surface area (Å²) in [5, 5.41) is 5.37. The van der Waals surface area contributed by atoms with Gasteiger partial charge in [0.15, 0.2) is 5.82 Å². The monoisotopic (exact) mass is 605 g/mol. The molecule has 4 rings (SSSR count). The van der Waals surface area contributed by atoms with Crippen LogP contribution in [0, 0.1) is 11.6 Å². The third kappa shape index (κ3) is 5.98. The predicted octanol–water partition coefficient (Wildman–Crippen LogP) is 6.81. The molecule has 0 saturated heterocycles. The second kappa shape index (κ2) is 10.6. The van der Waals surface area contributed by atoms with Crippen LogP contribution in [0.25, 0.3) is 22.2 Å². The number of hydrogen-bond donors (Lipinski definition) is 1. The Hall–Kier alpha value is -2.11. The van der Waals surface area contributed by atoms with Gasteiger partial charge in [0.05, 0.1) is 25.2 Å². The van der Waals surface area contributed by atoms with Crippen LogP contribution >= 0.6 is 15.9 Å². The average Bonchev–Trinajstić information content (AvgIpc) is 3.24. The molecular formula is C27H30BrF2N3O2SSi. The highest BCUT2D eigenvalue weighted by atomic mass is 79.9. The lowest BCUT2D eigenvalue weighted by atomic mass is 9.94. The summed E-state index contributed by atoms with van der Waals surface area (Å²) in [7, 11) is -2.01. The second-order valence-electron chi connectivity index (χ2n) is 11.0. The molecular weight excluding hydrogens is 576 g/mol. The highest BCUT2D eigenvalue weighted by Gasteiger charge is 2.33. The minimum atomic E-state index is -2.01. The molecule has 0 fully saturated rings. The van der Waals surface area contributed by atoms with E-state index in [0.717, 1.165) is 5.56 Å². The molecule has 1 unspecified atom stereocenters. The number of nitrogens with one attached hydrogen (secondary N) is 1. The number of para-hydroxylation sites is 1. The van der Waals surface area contributed by atoms with Crippen LogP contribution in [0.4, 0.5) is 8.78 Å². The number of hydrogen-bond acceptors (Lipinski definition) is 5. The molecule has 10 heteroatoms. The first-order chi connectivity index (χ1) is 17.3. The average molecular weight is 607 g/mol. The molecule has 0 radical (unpaired) electrons. The van der Waals surface area contributed by atoms with Crippen LogP contribution in [-0.4, -0.2) is 27.5 Å². The highest BCUT2D eigenvalue weighted by molar-refractivity contribution is 9.10. The quantitative estimate of drug-likeness (QED) is 0.142. The van der Waals surface area contributed by atoms with Gasteiger partial charge in [0.25, 0.3) is 0 Å². The third-order valence-corrected chi connectivity index (χ3v) is 10.0. The molecule has 5 nitrogen and oxygen atoms in total. The minimum absolute atomic E-state index is 0.0644. The van der Waals surface area contributed by atoms with Crippen LogP contribution in [0.2, 0.25) is 19.6 Å². The zero-order valence-electron chi connectivity index (χ0n) is 21.7. The maximum absolute atomic E-state index is 15.8. The fourth-order valence-electron chi connectivity index (χ4n) is 4.08. The molecule has 0 bridgehead atoms. The first kappa shape index (κ1) is 27.9. The Morgan fingerprint density at radius 3 is 2.49 bits per heavy atom. The van der Waals surface area contributed by atoms with Gasteiger partial charge in [-0.05, 0) is 65.7 Å². The highest BCUT2D eigenvalue weighted by Crippen LogP contribution is 2.36. The number of rotatable bonds is 7. The van der Waals surface area contributed by atoms with Crippen molar-refractivity contribution < 1.29 is 17.9 Å². The summed E-state index contributed by atoms with van der Waals surface area (Å²) in [6.07, 6.45) is 0.145. The van der Waals surface area contributed by atoms with Crippen LogP contribution in [0.3, 0.4) is 0 Å². The van der Waals surface area contributed by atoms with Crippen molar-refractivity contribution in [3.63, 3.8) is 0 Å². The molecule has 1 N–H and O–H groups in total. The van der Waals surface area contributed by atoms with Gasteiger partial charge < -0.3 is 9.08 Å². The van der Waals surface area contributed by atoms with E-state index < -0.39 is 36.0 Å². The Labute approximate surface area is 228 Å². The lowest BCUT2D eigenvalue weighted by Crippen LogP contribution is -2.43. The normalized spacial score (nSPS) is 14.2. The van der Waals surface area contributed by atoms with Crippen molar-refractivity contribution >= 4 is 51.5 Å². The summed E-state index contributed by atoms with van der Waals surface area (Å²) in [5.74, 6) is -0.835. The number of pyridine rings is 1.